The predicted molar refractivity (Wildman–Crippen MR) is 84.3 cm³/mol. The molecule has 0 spiro atoms. The summed E-state index contributed by atoms with van der Waals surface area (Å²) in [7, 11) is 0. The maximum absolute atomic E-state index is 12.2. The summed E-state index contributed by atoms with van der Waals surface area (Å²) < 4.78 is 5.47. The number of amides is 1. The molecule has 1 heterocycles. The van der Waals surface area contributed by atoms with Crippen LogP contribution in [0.25, 0.3) is 0 Å². The van der Waals surface area contributed by atoms with Crippen molar-refractivity contribution in [2.45, 2.75) is 51.7 Å². The quantitative estimate of drug-likeness (QED) is 0.865. The Labute approximate surface area is 127 Å². The molecular formula is C17H26N2O2. The Hall–Kier alpha value is -1.55. The SMILES string of the molecule is Cc1ccccc1C1CN(C(=O)OC(C)(C)C)CCC1N. The van der Waals surface area contributed by atoms with Crippen LogP contribution in [0.3, 0.4) is 0 Å². The highest BCUT2D eigenvalue weighted by atomic mass is 16.6. The number of benzene rings is 1. The average molecular weight is 290 g/mol. The summed E-state index contributed by atoms with van der Waals surface area (Å²) in [5.74, 6) is 0.174. The van der Waals surface area contributed by atoms with Gasteiger partial charge in [0.05, 0.1) is 0 Å². The highest BCUT2D eigenvalue weighted by Crippen LogP contribution is 2.29. The maximum Gasteiger partial charge on any atom is 0.410 e. The lowest BCUT2D eigenvalue weighted by atomic mass is 9.84. The van der Waals surface area contributed by atoms with Gasteiger partial charge in [-0.3, -0.25) is 0 Å². The summed E-state index contributed by atoms with van der Waals surface area (Å²) in [6.07, 6.45) is 0.561. The van der Waals surface area contributed by atoms with Gasteiger partial charge in [-0.25, -0.2) is 4.79 Å². The number of nitrogens with two attached hydrogens (primary N) is 1. The van der Waals surface area contributed by atoms with Crippen molar-refractivity contribution in [3.8, 4) is 0 Å². The summed E-state index contributed by atoms with van der Waals surface area (Å²) in [5, 5.41) is 0. The molecular weight excluding hydrogens is 264 g/mol. The van der Waals surface area contributed by atoms with Gasteiger partial charge in [0.25, 0.3) is 0 Å². The first kappa shape index (κ1) is 15.8. The number of rotatable bonds is 1. The van der Waals surface area contributed by atoms with E-state index in [4.69, 9.17) is 10.5 Å². The van der Waals surface area contributed by atoms with Crippen LogP contribution < -0.4 is 5.73 Å². The van der Waals surface area contributed by atoms with E-state index in [1.165, 1.54) is 11.1 Å². The van der Waals surface area contributed by atoms with E-state index in [0.717, 1.165) is 6.42 Å². The third kappa shape index (κ3) is 3.97. The predicted octanol–water partition coefficient (Wildman–Crippen LogP) is 3.05. The average Bonchev–Trinajstić information content (AvgIpc) is 2.38. The second-order valence-electron chi connectivity index (χ2n) is 6.84. The van der Waals surface area contributed by atoms with Crippen molar-refractivity contribution in [3.63, 3.8) is 0 Å². The number of hydrogen-bond donors (Lipinski definition) is 1. The first-order valence-corrected chi connectivity index (χ1v) is 7.57. The van der Waals surface area contributed by atoms with Crippen molar-refractivity contribution < 1.29 is 9.53 Å². The lowest BCUT2D eigenvalue weighted by Crippen LogP contribution is -2.49. The molecule has 0 radical (unpaired) electrons. The zero-order valence-electron chi connectivity index (χ0n) is 13.4. The van der Waals surface area contributed by atoms with Gasteiger partial charge in [-0.05, 0) is 45.2 Å². The lowest BCUT2D eigenvalue weighted by Gasteiger charge is -2.38. The van der Waals surface area contributed by atoms with E-state index in [9.17, 15) is 4.79 Å². The Kier molecular flexibility index (Phi) is 4.57. The molecule has 0 aromatic heterocycles. The van der Waals surface area contributed by atoms with Gasteiger partial charge in [-0.1, -0.05) is 24.3 Å². The van der Waals surface area contributed by atoms with Gasteiger partial charge in [0, 0.05) is 25.0 Å². The number of aryl methyl sites for hydroxylation is 1. The molecule has 2 unspecified atom stereocenters. The zero-order valence-corrected chi connectivity index (χ0v) is 13.4. The van der Waals surface area contributed by atoms with Crippen molar-refractivity contribution in [3.05, 3.63) is 35.4 Å². The van der Waals surface area contributed by atoms with Crippen LogP contribution in [0, 0.1) is 6.92 Å². The summed E-state index contributed by atoms with van der Waals surface area (Å²) in [6, 6.07) is 8.34. The van der Waals surface area contributed by atoms with Gasteiger partial charge >= 0.3 is 6.09 Å². The van der Waals surface area contributed by atoms with E-state index in [0.29, 0.717) is 13.1 Å². The number of carbonyl (C=O) groups excluding carboxylic acids is 1. The standard InChI is InChI=1S/C17H26N2O2/c1-12-7-5-6-8-13(12)14-11-19(10-9-15(14)18)16(20)21-17(2,3)4/h5-8,14-15H,9-11,18H2,1-4H3. The summed E-state index contributed by atoms with van der Waals surface area (Å²) >= 11 is 0. The second-order valence-corrected chi connectivity index (χ2v) is 6.84. The van der Waals surface area contributed by atoms with Crippen LogP contribution in [-0.2, 0) is 4.74 Å². The molecule has 1 aliphatic rings. The minimum absolute atomic E-state index is 0.0878. The molecule has 0 bridgehead atoms. The Morgan fingerprint density at radius 3 is 2.62 bits per heavy atom. The number of likely N-dealkylation sites (tertiary alicyclic amines) is 1. The molecule has 2 atom stereocenters. The van der Waals surface area contributed by atoms with Crippen molar-refractivity contribution in [2.24, 2.45) is 5.73 Å². The molecule has 1 saturated heterocycles. The third-order valence-electron chi connectivity index (χ3n) is 3.91. The van der Waals surface area contributed by atoms with E-state index in [1.54, 1.807) is 4.90 Å². The van der Waals surface area contributed by atoms with Crippen molar-refractivity contribution in [1.82, 2.24) is 4.90 Å². The molecule has 0 saturated carbocycles. The molecule has 116 valence electrons. The van der Waals surface area contributed by atoms with Crippen LogP contribution in [0.1, 0.15) is 44.2 Å². The van der Waals surface area contributed by atoms with Crippen molar-refractivity contribution in [2.75, 3.05) is 13.1 Å². The van der Waals surface area contributed by atoms with Crippen LogP contribution in [0.15, 0.2) is 24.3 Å². The number of hydrogen-bond acceptors (Lipinski definition) is 3. The normalized spacial score (nSPS) is 23.0. The fourth-order valence-corrected chi connectivity index (χ4v) is 2.79. The van der Waals surface area contributed by atoms with Crippen LogP contribution in [0.2, 0.25) is 0 Å². The smallest absolute Gasteiger partial charge is 0.410 e. The third-order valence-corrected chi connectivity index (χ3v) is 3.91. The zero-order chi connectivity index (χ0) is 15.6. The Bertz CT molecular complexity index is 508. The topological polar surface area (TPSA) is 55.6 Å². The van der Waals surface area contributed by atoms with E-state index < -0.39 is 5.60 Å². The molecule has 21 heavy (non-hydrogen) atoms. The number of ether oxygens (including phenoxy) is 1. The van der Waals surface area contributed by atoms with Crippen LogP contribution in [-0.4, -0.2) is 35.7 Å². The van der Waals surface area contributed by atoms with Gasteiger partial charge in [0.15, 0.2) is 0 Å². The first-order valence-electron chi connectivity index (χ1n) is 7.57. The lowest BCUT2D eigenvalue weighted by molar-refractivity contribution is 0.0186. The molecule has 4 heteroatoms. The summed E-state index contributed by atoms with van der Waals surface area (Å²) in [4.78, 5) is 14.0. The molecule has 0 aliphatic carbocycles. The fraction of sp³-hybridized carbons (Fsp3) is 0.588. The molecule has 1 aliphatic heterocycles. The maximum atomic E-state index is 12.2. The fourth-order valence-electron chi connectivity index (χ4n) is 2.79. The van der Waals surface area contributed by atoms with Gasteiger partial charge in [-0.2, -0.15) is 0 Å². The van der Waals surface area contributed by atoms with Gasteiger partial charge in [-0.15, -0.1) is 0 Å². The minimum atomic E-state index is -0.463. The molecule has 1 aromatic rings. The number of piperidine rings is 1. The van der Waals surface area contributed by atoms with Crippen molar-refractivity contribution in [1.29, 1.82) is 0 Å². The first-order chi connectivity index (χ1) is 9.78. The van der Waals surface area contributed by atoms with Gasteiger partial charge in [0.2, 0.25) is 0 Å². The molecule has 1 amide bonds. The Morgan fingerprint density at radius 2 is 2.00 bits per heavy atom. The highest BCUT2D eigenvalue weighted by Gasteiger charge is 2.33. The highest BCUT2D eigenvalue weighted by molar-refractivity contribution is 5.68. The van der Waals surface area contributed by atoms with E-state index >= 15 is 0 Å². The second kappa shape index (κ2) is 6.06. The van der Waals surface area contributed by atoms with E-state index in [2.05, 4.69) is 19.1 Å². The molecule has 4 nitrogen and oxygen atoms in total. The largest absolute Gasteiger partial charge is 0.444 e. The summed E-state index contributed by atoms with van der Waals surface area (Å²) in [6.45, 7) is 9.05. The molecule has 1 aromatic carbocycles. The monoisotopic (exact) mass is 290 g/mol. The molecule has 1 fully saturated rings. The molecule has 2 N–H and O–H groups in total. The Balaban J connectivity index is 2.13. The van der Waals surface area contributed by atoms with E-state index in [1.807, 2.05) is 32.9 Å². The molecule has 2 rings (SSSR count). The number of nitrogens with zero attached hydrogens (tertiary/aromatic N) is 1. The minimum Gasteiger partial charge on any atom is -0.444 e. The van der Waals surface area contributed by atoms with Crippen LogP contribution in [0.5, 0.6) is 0 Å². The number of carbonyl (C=O) groups is 1. The van der Waals surface area contributed by atoms with Crippen molar-refractivity contribution >= 4 is 6.09 Å². The van der Waals surface area contributed by atoms with Gasteiger partial charge in [0.1, 0.15) is 5.60 Å². The summed E-state index contributed by atoms with van der Waals surface area (Å²) in [5.41, 5.74) is 8.29. The van der Waals surface area contributed by atoms with Gasteiger partial charge < -0.3 is 15.4 Å². The Morgan fingerprint density at radius 1 is 1.33 bits per heavy atom. The van der Waals surface area contributed by atoms with Crippen LogP contribution >= 0.6 is 0 Å². The van der Waals surface area contributed by atoms with E-state index in [-0.39, 0.29) is 18.1 Å². The van der Waals surface area contributed by atoms with Crippen LogP contribution in [0.4, 0.5) is 4.79 Å².